The van der Waals surface area contributed by atoms with Crippen LogP contribution in [0.4, 0.5) is 21.0 Å². The van der Waals surface area contributed by atoms with Crippen LogP contribution in [0.5, 0.6) is 0 Å². The van der Waals surface area contributed by atoms with Gasteiger partial charge in [-0.3, -0.25) is 14.9 Å². The number of nitrogens with zero attached hydrogens (tertiary/aromatic N) is 1. The molecule has 3 amide bonds. The summed E-state index contributed by atoms with van der Waals surface area (Å²) in [6.07, 6.45) is 0.0380. The van der Waals surface area contributed by atoms with Crippen molar-refractivity contribution >= 4 is 29.5 Å². The van der Waals surface area contributed by atoms with Gasteiger partial charge in [0.15, 0.2) is 0 Å². The molecule has 0 spiro atoms. The molecule has 0 aliphatic heterocycles. The molecule has 1 unspecified atom stereocenters. The van der Waals surface area contributed by atoms with E-state index < -0.39 is 34.7 Å². The average molecular weight is 501 g/mol. The van der Waals surface area contributed by atoms with Crippen LogP contribution in [-0.4, -0.2) is 41.2 Å². The van der Waals surface area contributed by atoms with E-state index in [1.807, 2.05) is 30.3 Å². The van der Waals surface area contributed by atoms with Crippen LogP contribution in [-0.2, 0) is 20.9 Å². The standard InChI is InChI=1S/C25H32N4O7/c1-25(2,3)36-23(31)26-16-8-7-11-21(28-24(32)35-17-18-9-5-4-6-10-18)22(30)27-19-12-14-20(15-13-19)29(33)34/h4-6,9-10,12-15,21H,7-8,11,16-17H2,1-3H3,(H,26,31)(H,27,30)(H,28,32). The number of anilines is 1. The van der Waals surface area contributed by atoms with E-state index >= 15 is 0 Å². The van der Waals surface area contributed by atoms with Crippen molar-refractivity contribution in [2.75, 3.05) is 11.9 Å². The zero-order valence-electron chi connectivity index (χ0n) is 20.6. The molecule has 0 aliphatic carbocycles. The number of nitro benzene ring substituents is 1. The Bertz CT molecular complexity index is 1020. The Kier molecular flexibility index (Phi) is 10.7. The highest BCUT2D eigenvalue weighted by Crippen LogP contribution is 2.16. The SMILES string of the molecule is CC(C)(C)OC(=O)NCCCCC(NC(=O)OCc1ccccc1)C(=O)Nc1ccc([N+](=O)[O-])cc1. The predicted molar refractivity (Wildman–Crippen MR) is 133 cm³/mol. The summed E-state index contributed by atoms with van der Waals surface area (Å²) in [5, 5.41) is 18.7. The lowest BCUT2D eigenvalue weighted by Gasteiger charge is -2.20. The van der Waals surface area contributed by atoms with E-state index in [0.29, 0.717) is 25.1 Å². The number of unbranched alkanes of at least 4 members (excludes halogenated alkanes) is 1. The van der Waals surface area contributed by atoms with E-state index in [1.165, 1.54) is 24.3 Å². The van der Waals surface area contributed by atoms with E-state index in [9.17, 15) is 24.5 Å². The number of nitrogens with one attached hydrogen (secondary N) is 3. The smallest absolute Gasteiger partial charge is 0.408 e. The molecule has 11 nitrogen and oxygen atoms in total. The molecule has 0 fully saturated rings. The van der Waals surface area contributed by atoms with Crippen LogP contribution in [0.3, 0.4) is 0 Å². The quantitative estimate of drug-likeness (QED) is 0.233. The summed E-state index contributed by atoms with van der Waals surface area (Å²) in [5.74, 6) is -0.499. The highest BCUT2D eigenvalue weighted by molar-refractivity contribution is 5.96. The summed E-state index contributed by atoms with van der Waals surface area (Å²) in [4.78, 5) is 47.3. The maximum Gasteiger partial charge on any atom is 0.408 e. The number of carbonyl (C=O) groups is 3. The monoisotopic (exact) mass is 500 g/mol. The third-order valence-corrected chi connectivity index (χ3v) is 4.75. The first-order chi connectivity index (χ1) is 17.0. The molecule has 1 atom stereocenters. The average Bonchev–Trinajstić information content (AvgIpc) is 2.81. The van der Waals surface area contributed by atoms with Gasteiger partial charge >= 0.3 is 12.2 Å². The van der Waals surface area contributed by atoms with Crippen molar-refractivity contribution in [3.05, 3.63) is 70.3 Å². The fraction of sp³-hybridized carbons (Fsp3) is 0.400. The van der Waals surface area contributed by atoms with Gasteiger partial charge < -0.3 is 25.4 Å². The van der Waals surface area contributed by atoms with Gasteiger partial charge in [0, 0.05) is 24.4 Å². The number of non-ortho nitro benzene ring substituents is 1. The van der Waals surface area contributed by atoms with Gasteiger partial charge in [-0.15, -0.1) is 0 Å². The molecule has 0 aromatic heterocycles. The minimum atomic E-state index is -0.926. The molecular weight excluding hydrogens is 468 g/mol. The van der Waals surface area contributed by atoms with Crippen LogP contribution in [0.1, 0.15) is 45.6 Å². The molecule has 36 heavy (non-hydrogen) atoms. The third kappa shape index (κ3) is 10.9. The fourth-order valence-corrected chi connectivity index (χ4v) is 3.05. The molecule has 0 saturated carbocycles. The van der Waals surface area contributed by atoms with Gasteiger partial charge in [0.25, 0.3) is 5.69 Å². The number of nitro groups is 1. The fourth-order valence-electron chi connectivity index (χ4n) is 3.05. The second kappa shape index (κ2) is 13.7. The minimum Gasteiger partial charge on any atom is -0.445 e. The van der Waals surface area contributed by atoms with Gasteiger partial charge in [0.2, 0.25) is 5.91 Å². The van der Waals surface area contributed by atoms with Crippen molar-refractivity contribution in [3.63, 3.8) is 0 Å². The third-order valence-electron chi connectivity index (χ3n) is 4.75. The van der Waals surface area contributed by atoms with Crippen LogP contribution in [0.15, 0.2) is 54.6 Å². The topological polar surface area (TPSA) is 149 Å². The van der Waals surface area contributed by atoms with E-state index in [1.54, 1.807) is 20.8 Å². The lowest BCUT2D eigenvalue weighted by molar-refractivity contribution is -0.384. The molecule has 3 N–H and O–H groups in total. The van der Waals surface area contributed by atoms with E-state index in [2.05, 4.69) is 16.0 Å². The van der Waals surface area contributed by atoms with Crippen molar-refractivity contribution < 1.29 is 28.8 Å². The van der Waals surface area contributed by atoms with E-state index in [-0.39, 0.29) is 18.7 Å². The molecule has 0 bridgehead atoms. The molecule has 2 aromatic carbocycles. The molecule has 0 radical (unpaired) electrons. The predicted octanol–water partition coefficient (Wildman–Crippen LogP) is 4.52. The largest absolute Gasteiger partial charge is 0.445 e. The normalized spacial score (nSPS) is 11.6. The van der Waals surface area contributed by atoms with Crippen LogP contribution in [0, 0.1) is 10.1 Å². The van der Waals surface area contributed by atoms with Crippen LogP contribution in [0.25, 0.3) is 0 Å². The van der Waals surface area contributed by atoms with Crippen LogP contribution >= 0.6 is 0 Å². The molecule has 11 heteroatoms. The summed E-state index contributed by atoms with van der Waals surface area (Å²) < 4.78 is 10.4. The Hall–Kier alpha value is -4.15. The zero-order chi connectivity index (χ0) is 26.6. The Morgan fingerprint density at radius 2 is 1.64 bits per heavy atom. The second-order valence-corrected chi connectivity index (χ2v) is 8.98. The van der Waals surface area contributed by atoms with E-state index in [0.717, 1.165) is 5.56 Å². The molecule has 0 aliphatic rings. The number of rotatable bonds is 11. The Morgan fingerprint density at radius 1 is 0.972 bits per heavy atom. The number of carbonyl (C=O) groups excluding carboxylic acids is 3. The maximum absolute atomic E-state index is 12.9. The van der Waals surface area contributed by atoms with Gasteiger partial charge in [-0.25, -0.2) is 9.59 Å². The summed E-state index contributed by atoms with van der Waals surface area (Å²) in [6, 6.07) is 13.5. The molecule has 2 aromatic rings. The van der Waals surface area contributed by atoms with Crippen molar-refractivity contribution in [3.8, 4) is 0 Å². The first kappa shape index (κ1) is 28.1. The Balaban J connectivity index is 1.92. The van der Waals surface area contributed by atoms with Crippen molar-refractivity contribution in [1.82, 2.24) is 10.6 Å². The summed E-state index contributed by atoms with van der Waals surface area (Å²) in [5.41, 5.74) is 0.439. The Labute approximate surface area is 209 Å². The highest BCUT2D eigenvalue weighted by Gasteiger charge is 2.22. The number of hydrogen-bond donors (Lipinski definition) is 3. The lowest BCUT2D eigenvalue weighted by atomic mass is 10.1. The molecule has 0 heterocycles. The first-order valence-electron chi connectivity index (χ1n) is 11.5. The lowest BCUT2D eigenvalue weighted by Crippen LogP contribution is -2.44. The highest BCUT2D eigenvalue weighted by atomic mass is 16.6. The van der Waals surface area contributed by atoms with Gasteiger partial charge in [-0.1, -0.05) is 30.3 Å². The summed E-state index contributed by atoms with van der Waals surface area (Å²) in [7, 11) is 0. The van der Waals surface area contributed by atoms with E-state index in [4.69, 9.17) is 9.47 Å². The van der Waals surface area contributed by atoms with Crippen LogP contribution < -0.4 is 16.0 Å². The number of ether oxygens (including phenoxy) is 2. The second-order valence-electron chi connectivity index (χ2n) is 8.98. The van der Waals surface area contributed by atoms with Gasteiger partial charge in [0.1, 0.15) is 18.2 Å². The van der Waals surface area contributed by atoms with Gasteiger partial charge in [0.05, 0.1) is 4.92 Å². The molecular formula is C25H32N4O7. The van der Waals surface area contributed by atoms with Crippen LogP contribution in [0.2, 0.25) is 0 Å². The number of hydrogen-bond acceptors (Lipinski definition) is 7. The molecule has 0 saturated heterocycles. The molecule has 2 rings (SSSR count). The minimum absolute atomic E-state index is 0.0448. The first-order valence-corrected chi connectivity index (χ1v) is 11.5. The van der Waals surface area contributed by atoms with Crippen molar-refractivity contribution in [1.29, 1.82) is 0 Å². The van der Waals surface area contributed by atoms with Crippen molar-refractivity contribution in [2.24, 2.45) is 0 Å². The van der Waals surface area contributed by atoms with Gasteiger partial charge in [-0.2, -0.15) is 0 Å². The zero-order valence-corrected chi connectivity index (χ0v) is 20.6. The Morgan fingerprint density at radius 3 is 2.25 bits per heavy atom. The summed E-state index contributed by atoms with van der Waals surface area (Å²) in [6.45, 7) is 5.68. The number of amides is 3. The number of alkyl carbamates (subject to hydrolysis) is 2. The van der Waals surface area contributed by atoms with Gasteiger partial charge in [-0.05, 0) is 57.7 Å². The summed E-state index contributed by atoms with van der Waals surface area (Å²) >= 11 is 0. The molecule has 194 valence electrons. The number of benzene rings is 2. The maximum atomic E-state index is 12.9. The van der Waals surface area contributed by atoms with Crippen molar-refractivity contribution in [2.45, 2.75) is 58.3 Å².